The quantitative estimate of drug-likeness (QED) is 0.709. The molecule has 1 heterocycles. The van der Waals surface area contributed by atoms with Crippen LogP contribution in [0.5, 0.6) is 0 Å². The second-order valence-corrected chi connectivity index (χ2v) is 8.03. The Hall–Kier alpha value is -1.98. The van der Waals surface area contributed by atoms with Gasteiger partial charge in [0.05, 0.1) is 17.0 Å². The lowest BCUT2D eigenvalue weighted by Gasteiger charge is -2.22. The number of rotatable bonds is 5. The Bertz CT molecular complexity index is 787. The predicted molar refractivity (Wildman–Crippen MR) is 112 cm³/mol. The number of nitrogens with one attached hydrogen (secondary N) is 1. The number of halogens is 1. The van der Waals surface area contributed by atoms with Gasteiger partial charge in [-0.1, -0.05) is 36.6 Å². The fraction of sp³-hybridized carbons (Fsp3) is 0.333. The minimum absolute atomic E-state index is 0.00171. The fourth-order valence-corrected chi connectivity index (χ4v) is 3.91. The number of anilines is 1. The molecule has 6 heteroatoms. The lowest BCUT2D eigenvalue weighted by Crippen LogP contribution is -2.32. The number of thioether (sulfide) groups is 1. The van der Waals surface area contributed by atoms with Crippen LogP contribution in [0.15, 0.2) is 53.4 Å². The maximum atomic E-state index is 12.9. The summed E-state index contributed by atoms with van der Waals surface area (Å²) in [6, 6.07) is 14.6. The van der Waals surface area contributed by atoms with Gasteiger partial charge < -0.3 is 10.2 Å². The van der Waals surface area contributed by atoms with Crippen LogP contribution in [-0.2, 0) is 4.79 Å². The van der Waals surface area contributed by atoms with Gasteiger partial charge in [-0.25, -0.2) is 0 Å². The molecule has 0 aliphatic carbocycles. The number of likely N-dealkylation sites (tertiary alicyclic amines) is 1. The highest BCUT2D eigenvalue weighted by Crippen LogP contribution is 2.23. The van der Waals surface area contributed by atoms with Crippen LogP contribution < -0.4 is 5.32 Å². The smallest absolute Gasteiger partial charge is 0.255 e. The molecular formula is C21H23ClN2O2S. The molecule has 0 atom stereocenters. The molecule has 4 nitrogen and oxygen atoms in total. The summed E-state index contributed by atoms with van der Waals surface area (Å²) in [6.45, 7) is 1.57. The molecule has 2 aromatic rings. The monoisotopic (exact) mass is 402 g/mol. The third kappa shape index (κ3) is 5.75. The van der Waals surface area contributed by atoms with E-state index in [1.807, 2.05) is 29.2 Å². The summed E-state index contributed by atoms with van der Waals surface area (Å²) in [5, 5.41) is 3.57. The summed E-state index contributed by atoms with van der Waals surface area (Å²) in [7, 11) is 0. The number of carbonyl (C=O) groups excluding carboxylic acids is 2. The van der Waals surface area contributed by atoms with Crippen molar-refractivity contribution < 1.29 is 9.59 Å². The topological polar surface area (TPSA) is 49.4 Å². The molecule has 3 rings (SSSR count). The Kier molecular flexibility index (Phi) is 7.18. The number of amides is 2. The Morgan fingerprint density at radius 2 is 1.63 bits per heavy atom. The third-order valence-electron chi connectivity index (χ3n) is 4.51. The van der Waals surface area contributed by atoms with E-state index in [4.69, 9.17) is 11.6 Å². The van der Waals surface area contributed by atoms with Crippen LogP contribution in [0, 0.1) is 0 Å². The Morgan fingerprint density at radius 1 is 0.963 bits per heavy atom. The first-order valence-corrected chi connectivity index (χ1v) is 10.6. The maximum absolute atomic E-state index is 12.9. The molecule has 0 unspecified atom stereocenters. The minimum Gasteiger partial charge on any atom is -0.339 e. The zero-order valence-corrected chi connectivity index (χ0v) is 16.7. The van der Waals surface area contributed by atoms with Crippen molar-refractivity contribution in [1.82, 2.24) is 4.90 Å². The average Bonchev–Trinajstić information content (AvgIpc) is 2.97. The molecule has 0 spiro atoms. The molecule has 1 aliphatic rings. The average molecular weight is 403 g/mol. The van der Waals surface area contributed by atoms with E-state index in [-0.39, 0.29) is 17.6 Å². The van der Waals surface area contributed by atoms with E-state index in [0.29, 0.717) is 16.3 Å². The SMILES string of the molecule is O=C(CSc1ccc(Cl)cc1)Nc1ccccc1C(=O)N1CCCCCC1. The summed E-state index contributed by atoms with van der Waals surface area (Å²) in [4.78, 5) is 28.2. The summed E-state index contributed by atoms with van der Waals surface area (Å²) in [5.74, 6) is 0.137. The van der Waals surface area contributed by atoms with E-state index < -0.39 is 0 Å². The first-order valence-electron chi connectivity index (χ1n) is 9.20. The van der Waals surface area contributed by atoms with Gasteiger partial charge in [-0.2, -0.15) is 0 Å². The summed E-state index contributed by atoms with van der Waals surface area (Å²) >= 11 is 7.31. The number of carbonyl (C=O) groups is 2. The van der Waals surface area contributed by atoms with Crippen molar-refractivity contribution in [2.45, 2.75) is 30.6 Å². The van der Waals surface area contributed by atoms with Gasteiger partial charge in [0.2, 0.25) is 5.91 Å². The Balaban J connectivity index is 1.63. The van der Waals surface area contributed by atoms with Gasteiger partial charge in [-0.3, -0.25) is 9.59 Å². The molecule has 0 saturated carbocycles. The van der Waals surface area contributed by atoms with Crippen LogP contribution in [0.1, 0.15) is 36.0 Å². The molecule has 142 valence electrons. The molecule has 1 aliphatic heterocycles. The molecule has 0 radical (unpaired) electrons. The van der Waals surface area contributed by atoms with E-state index in [0.717, 1.165) is 30.8 Å². The first-order chi connectivity index (χ1) is 13.1. The molecule has 1 N–H and O–H groups in total. The van der Waals surface area contributed by atoms with Crippen molar-refractivity contribution in [3.63, 3.8) is 0 Å². The van der Waals surface area contributed by atoms with E-state index in [9.17, 15) is 9.59 Å². The number of para-hydroxylation sites is 1. The molecule has 2 aromatic carbocycles. The van der Waals surface area contributed by atoms with Crippen molar-refractivity contribution >= 4 is 40.9 Å². The van der Waals surface area contributed by atoms with Gasteiger partial charge in [-0.15, -0.1) is 11.8 Å². The van der Waals surface area contributed by atoms with Crippen LogP contribution in [0.4, 0.5) is 5.69 Å². The molecule has 1 fully saturated rings. The van der Waals surface area contributed by atoms with Crippen molar-refractivity contribution in [3.05, 3.63) is 59.1 Å². The van der Waals surface area contributed by atoms with Gasteiger partial charge in [0.1, 0.15) is 0 Å². The highest BCUT2D eigenvalue weighted by atomic mass is 35.5. The van der Waals surface area contributed by atoms with Gasteiger partial charge in [-0.05, 0) is 49.2 Å². The number of benzene rings is 2. The lowest BCUT2D eigenvalue weighted by atomic mass is 10.1. The minimum atomic E-state index is -0.133. The van der Waals surface area contributed by atoms with Crippen LogP contribution >= 0.6 is 23.4 Å². The normalized spacial score (nSPS) is 14.5. The summed E-state index contributed by atoms with van der Waals surface area (Å²) in [5.41, 5.74) is 1.14. The fourth-order valence-electron chi connectivity index (χ4n) is 3.09. The van der Waals surface area contributed by atoms with Crippen molar-refractivity contribution in [1.29, 1.82) is 0 Å². The molecule has 27 heavy (non-hydrogen) atoms. The zero-order valence-electron chi connectivity index (χ0n) is 15.1. The Morgan fingerprint density at radius 3 is 2.33 bits per heavy atom. The van der Waals surface area contributed by atoms with Gasteiger partial charge in [0.15, 0.2) is 0 Å². The zero-order chi connectivity index (χ0) is 19.1. The standard InChI is InChI=1S/C21H23ClN2O2S/c22-16-9-11-17(12-10-16)27-15-20(25)23-19-8-4-3-7-18(19)21(26)24-13-5-1-2-6-14-24/h3-4,7-12H,1-2,5-6,13-15H2,(H,23,25). The third-order valence-corrected chi connectivity index (χ3v) is 5.77. The van der Waals surface area contributed by atoms with Crippen LogP contribution in [0.2, 0.25) is 5.02 Å². The predicted octanol–water partition coefficient (Wildman–Crippen LogP) is 5.09. The Labute approximate surface area is 169 Å². The molecular weight excluding hydrogens is 380 g/mol. The number of hydrogen-bond acceptors (Lipinski definition) is 3. The summed E-state index contributed by atoms with van der Waals surface area (Å²) < 4.78 is 0. The number of nitrogens with zero attached hydrogens (tertiary/aromatic N) is 1. The van der Waals surface area contributed by atoms with Gasteiger partial charge >= 0.3 is 0 Å². The first kappa shape index (κ1) is 19.8. The second kappa shape index (κ2) is 9.81. The molecule has 1 saturated heterocycles. The summed E-state index contributed by atoms with van der Waals surface area (Å²) in [6.07, 6.45) is 4.42. The van der Waals surface area contributed by atoms with Crippen LogP contribution in [0.25, 0.3) is 0 Å². The van der Waals surface area contributed by atoms with Crippen molar-refractivity contribution in [2.24, 2.45) is 0 Å². The maximum Gasteiger partial charge on any atom is 0.255 e. The van der Waals surface area contributed by atoms with E-state index in [1.54, 1.807) is 24.3 Å². The highest BCUT2D eigenvalue weighted by Gasteiger charge is 2.20. The van der Waals surface area contributed by atoms with Crippen LogP contribution in [-0.4, -0.2) is 35.6 Å². The van der Waals surface area contributed by atoms with E-state index in [1.165, 1.54) is 24.6 Å². The number of hydrogen-bond donors (Lipinski definition) is 1. The molecule has 0 aromatic heterocycles. The van der Waals surface area contributed by atoms with Crippen LogP contribution in [0.3, 0.4) is 0 Å². The second-order valence-electron chi connectivity index (χ2n) is 6.54. The van der Waals surface area contributed by atoms with Crippen molar-refractivity contribution in [2.75, 3.05) is 24.2 Å². The highest BCUT2D eigenvalue weighted by molar-refractivity contribution is 8.00. The van der Waals surface area contributed by atoms with Gasteiger partial charge in [0, 0.05) is 23.0 Å². The van der Waals surface area contributed by atoms with Gasteiger partial charge in [0.25, 0.3) is 5.91 Å². The molecule has 0 bridgehead atoms. The largest absolute Gasteiger partial charge is 0.339 e. The van der Waals surface area contributed by atoms with E-state index >= 15 is 0 Å². The van der Waals surface area contributed by atoms with Crippen molar-refractivity contribution in [3.8, 4) is 0 Å². The lowest BCUT2D eigenvalue weighted by molar-refractivity contribution is -0.113. The van der Waals surface area contributed by atoms with E-state index in [2.05, 4.69) is 5.32 Å². The molecule has 2 amide bonds.